The van der Waals surface area contributed by atoms with Crippen molar-refractivity contribution in [1.29, 1.82) is 0 Å². The molecule has 0 radical (unpaired) electrons. The number of aliphatic hydroxyl groups is 2. The average molecular weight is 251 g/mol. The Morgan fingerprint density at radius 1 is 0.842 bits per heavy atom. The number of hydrogen-bond donors (Lipinski definition) is 2. The Bertz CT molecular complexity index is 708. The van der Waals surface area contributed by atoms with Gasteiger partial charge in [0.05, 0.1) is 11.2 Å². The maximum atomic E-state index is 9.52. The highest BCUT2D eigenvalue weighted by Crippen LogP contribution is 2.27. The maximum Gasteiger partial charge on any atom is 0.179 e. The second kappa shape index (κ2) is 4.80. The van der Waals surface area contributed by atoms with Crippen LogP contribution in [0.15, 0.2) is 60.7 Å². The molecule has 1 aromatic heterocycles. The standard InChI is InChI=1S/C16H13NO2/c18-16(19)13-10-15(11-6-2-1-3-7-11)17-14-9-5-4-8-12(13)14/h1-10,16,18-19H. The molecule has 3 nitrogen and oxygen atoms in total. The Balaban J connectivity index is 2.28. The van der Waals surface area contributed by atoms with Gasteiger partial charge in [0.15, 0.2) is 6.29 Å². The number of benzene rings is 2. The second-order valence-corrected chi connectivity index (χ2v) is 4.35. The Labute approximate surface area is 110 Å². The van der Waals surface area contributed by atoms with Crippen LogP contribution in [0.25, 0.3) is 22.2 Å². The fourth-order valence-electron chi connectivity index (χ4n) is 2.17. The van der Waals surface area contributed by atoms with Crippen molar-refractivity contribution >= 4 is 10.9 Å². The number of fused-ring (bicyclic) bond motifs is 1. The summed E-state index contributed by atoms with van der Waals surface area (Å²) in [6.07, 6.45) is -1.50. The van der Waals surface area contributed by atoms with Gasteiger partial charge in [0, 0.05) is 16.5 Å². The van der Waals surface area contributed by atoms with E-state index < -0.39 is 6.29 Å². The number of nitrogens with zero attached hydrogens (tertiary/aromatic N) is 1. The molecule has 94 valence electrons. The number of rotatable bonds is 2. The van der Waals surface area contributed by atoms with Crippen LogP contribution in [-0.2, 0) is 0 Å². The lowest BCUT2D eigenvalue weighted by atomic mass is 10.0. The summed E-state index contributed by atoms with van der Waals surface area (Å²) in [6, 6.07) is 18.9. The number of para-hydroxylation sites is 1. The molecule has 0 aliphatic rings. The van der Waals surface area contributed by atoms with Crippen LogP contribution in [0.4, 0.5) is 0 Å². The zero-order valence-corrected chi connectivity index (χ0v) is 10.2. The number of aromatic nitrogens is 1. The molecular weight excluding hydrogens is 238 g/mol. The van der Waals surface area contributed by atoms with Crippen LogP contribution in [-0.4, -0.2) is 15.2 Å². The van der Waals surface area contributed by atoms with Gasteiger partial charge >= 0.3 is 0 Å². The average Bonchev–Trinajstić information content (AvgIpc) is 2.47. The molecule has 1 heterocycles. The maximum absolute atomic E-state index is 9.52. The van der Waals surface area contributed by atoms with E-state index >= 15 is 0 Å². The summed E-state index contributed by atoms with van der Waals surface area (Å²) in [5, 5.41) is 19.8. The lowest BCUT2D eigenvalue weighted by molar-refractivity contribution is -0.0413. The van der Waals surface area contributed by atoms with E-state index in [1.165, 1.54) is 0 Å². The van der Waals surface area contributed by atoms with Gasteiger partial charge in [-0.1, -0.05) is 48.5 Å². The van der Waals surface area contributed by atoms with Crippen LogP contribution in [0, 0.1) is 0 Å². The first-order valence-electron chi connectivity index (χ1n) is 6.07. The van der Waals surface area contributed by atoms with Gasteiger partial charge in [0.2, 0.25) is 0 Å². The van der Waals surface area contributed by atoms with Crippen LogP contribution in [0.3, 0.4) is 0 Å². The molecule has 0 saturated heterocycles. The van der Waals surface area contributed by atoms with Crippen molar-refractivity contribution < 1.29 is 10.2 Å². The summed E-state index contributed by atoms with van der Waals surface area (Å²) in [5.74, 6) is 0. The minimum Gasteiger partial charge on any atom is -0.364 e. The molecule has 0 fully saturated rings. The zero-order valence-electron chi connectivity index (χ0n) is 10.2. The van der Waals surface area contributed by atoms with Crippen molar-refractivity contribution in [2.45, 2.75) is 6.29 Å². The van der Waals surface area contributed by atoms with E-state index in [1.807, 2.05) is 54.6 Å². The molecule has 0 saturated carbocycles. The number of aliphatic hydroxyl groups excluding tert-OH is 1. The summed E-state index contributed by atoms with van der Waals surface area (Å²) in [4.78, 5) is 4.57. The molecule has 0 bridgehead atoms. The first kappa shape index (κ1) is 11.8. The Kier molecular flexibility index (Phi) is 2.99. The lowest BCUT2D eigenvalue weighted by Crippen LogP contribution is -1.98. The summed E-state index contributed by atoms with van der Waals surface area (Å²) < 4.78 is 0. The van der Waals surface area contributed by atoms with Crippen LogP contribution in [0.2, 0.25) is 0 Å². The molecule has 2 N–H and O–H groups in total. The fourth-order valence-corrected chi connectivity index (χ4v) is 2.17. The highest BCUT2D eigenvalue weighted by molar-refractivity contribution is 5.85. The zero-order chi connectivity index (χ0) is 13.2. The van der Waals surface area contributed by atoms with Crippen molar-refractivity contribution in [2.75, 3.05) is 0 Å². The molecule has 0 aliphatic carbocycles. The van der Waals surface area contributed by atoms with E-state index in [9.17, 15) is 10.2 Å². The van der Waals surface area contributed by atoms with Gasteiger partial charge in [-0.15, -0.1) is 0 Å². The monoisotopic (exact) mass is 251 g/mol. The van der Waals surface area contributed by atoms with Gasteiger partial charge < -0.3 is 10.2 Å². The number of pyridine rings is 1. The molecule has 0 atom stereocenters. The Morgan fingerprint density at radius 2 is 1.53 bits per heavy atom. The summed E-state index contributed by atoms with van der Waals surface area (Å²) in [5.41, 5.74) is 2.92. The minimum atomic E-state index is -1.50. The van der Waals surface area contributed by atoms with Crippen molar-refractivity contribution in [1.82, 2.24) is 4.98 Å². The molecule has 0 unspecified atom stereocenters. The highest BCUT2D eigenvalue weighted by Gasteiger charge is 2.11. The minimum absolute atomic E-state index is 0.476. The molecular formula is C16H13NO2. The van der Waals surface area contributed by atoms with E-state index in [-0.39, 0.29) is 0 Å². The van der Waals surface area contributed by atoms with E-state index in [0.29, 0.717) is 5.56 Å². The number of hydrogen-bond acceptors (Lipinski definition) is 3. The molecule has 3 aromatic rings. The first-order valence-corrected chi connectivity index (χ1v) is 6.07. The molecule has 3 rings (SSSR count). The SMILES string of the molecule is OC(O)c1cc(-c2ccccc2)nc2ccccc12. The van der Waals surface area contributed by atoms with Crippen molar-refractivity contribution in [2.24, 2.45) is 0 Å². The molecule has 0 spiro atoms. The summed E-state index contributed by atoms with van der Waals surface area (Å²) in [6.45, 7) is 0. The van der Waals surface area contributed by atoms with Gasteiger partial charge in [-0.3, -0.25) is 0 Å². The molecule has 0 aliphatic heterocycles. The highest BCUT2D eigenvalue weighted by atomic mass is 16.5. The third-order valence-electron chi connectivity index (χ3n) is 3.10. The molecule has 19 heavy (non-hydrogen) atoms. The topological polar surface area (TPSA) is 53.4 Å². The molecule has 2 aromatic carbocycles. The van der Waals surface area contributed by atoms with Crippen LogP contribution < -0.4 is 0 Å². The van der Waals surface area contributed by atoms with E-state index in [2.05, 4.69) is 4.98 Å². The van der Waals surface area contributed by atoms with Crippen molar-refractivity contribution in [3.63, 3.8) is 0 Å². The predicted octanol–water partition coefficient (Wildman–Crippen LogP) is 2.89. The van der Waals surface area contributed by atoms with Crippen molar-refractivity contribution in [3.8, 4) is 11.3 Å². The molecule has 0 amide bonds. The Morgan fingerprint density at radius 3 is 2.26 bits per heavy atom. The normalized spacial score (nSPS) is 11.1. The van der Waals surface area contributed by atoms with E-state index in [0.717, 1.165) is 22.2 Å². The van der Waals surface area contributed by atoms with Crippen LogP contribution >= 0.6 is 0 Å². The quantitative estimate of drug-likeness (QED) is 0.688. The van der Waals surface area contributed by atoms with E-state index in [4.69, 9.17) is 0 Å². The first-order chi connectivity index (χ1) is 9.25. The van der Waals surface area contributed by atoms with Gasteiger partial charge in [-0.05, 0) is 12.1 Å². The van der Waals surface area contributed by atoms with Gasteiger partial charge in [-0.25, -0.2) is 4.98 Å². The second-order valence-electron chi connectivity index (χ2n) is 4.35. The van der Waals surface area contributed by atoms with Gasteiger partial charge in [0.25, 0.3) is 0 Å². The third-order valence-corrected chi connectivity index (χ3v) is 3.10. The molecule has 3 heteroatoms. The van der Waals surface area contributed by atoms with E-state index in [1.54, 1.807) is 6.07 Å². The fraction of sp³-hybridized carbons (Fsp3) is 0.0625. The lowest BCUT2D eigenvalue weighted by Gasteiger charge is -2.11. The van der Waals surface area contributed by atoms with Crippen molar-refractivity contribution in [3.05, 3.63) is 66.2 Å². The smallest absolute Gasteiger partial charge is 0.179 e. The van der Waals surface area contributed by atoms with Crippen LogP contribution in [0.5, 0.6) is 0 Å². The Hall–Kier alpha value is -2.23. The van der Waals surface area contributed by atoms with Crippen LogP contribution in [0.1, 0.15) is 11.9 Å². The largest absolute Gasteiger partial charge is 0.364 e. The van der Waals surface area contributed by atoms with Gasteiger partial charge in [-0.2, -0.15) is 0 Å². The predicted molar refractivity (Wildman–Crippen MR) is 74.4 cm³/mol. The van der Waals surface area contributed by atoms with Gasteiger partial charge in [0.1, 0.15) is 0 Å². The third kappa shape index (κ3) is 2.21. The summed E-state index contributed by atoms with van der Waals surface area (Å²) >= 11 is 0. The summed E-state index contributed by atoms with van der Waals surface area (Å²) in [7, 11) is 0.